The minimum Gasteiger partial charge on any atom is -0.507 e. The number of aromatic hydroxyl groups is 1. The first-order valence-electron chi connectivity index (χ1n) is 8.17. The standard InChI is InChI=1S/C21H14O6/c22-15-10-13(26-20(21(24)25)12-6-2-1-3-7-12)11-17-18(15)19(23)14-8-4-5-9-16(14)27-17/h1-11,20,22H,(H,24,25). The molecule has 0 spiro atoms. The summed E-state index contributed by atoms with van der Waals surface area (Å²) in [6.45, 7) is 0. The van der Waals surface area contributed by atoms with Gasteiger partial charge in [-0.25, -0.2) is 4.79 Å². The lowest BCUT2D eigenvalue weighted by atomic mass is 10.1. The van der Waals surface area contributed by atoms with Gasteiger partial charge in [-0.3, -0.25) is 4.79 Å². The normalized spacial score (nSPS) is 12.1. The Labute approximate surface area is 152 Å². The number of benzene rings is 3. The van der Waals surface area contributed by atoms with E-state index in [4.69, 9.17) is 9.15 Å². The highest BCUT2D eigenvalue weighted by molar-refractivity contribution is 5.93. The summed E-state index contributed by atoms with van der Waals surface area (Å²) in [7, 11) is 0. The van der Waals surface area contributed by atoms with E-state index >= 15 is 0 Å². The van der Waals surface area contributed by atoms with E-state index in [1.54, 1.807) is 54.6 Å². The number of fused-ring (bicyclic) bond motifs is 2. The van der Waals surface area contributed by atoms with Crippen molar-refractivity contribution >= 4 is 27.9 Å². The Morgan fingerprint density at radius 1 is 0.963 bits per heavy atom. The summed E-state index contributed by atoms with van der Waals surface area (Å²) in [6, 6.07) is 17.8. The van der Waals surface area contributed by atoms with Crippen LogP contribution >= 0.6 is 0 Å². The highest BCUT2D eigenvalue weighted by Gasteiger charge is 2.23. The van der Waals surface area contributed by atoms with Crippen molar-refractivity contribution in [3.63, 3.8) is 0 Å². The zero-order chi connectivity index (χ0) is 19.0. The number of hydrogen-bond donors (Lipinski definition) is 2. The molecule has 0 aliphatic carbocycles. The van der Waals surface area contributed by atoms with E-state index < -0.39 is 12.1 Å². The maximum absolute atomic E-state index is 12.6. The number of hydrogen-bond acceptors (Lipinski definition) is 5. The highest BCUT2D eigenvalue weighted by atomic mass is 16.5. The van der Waals surface area contributed by atoms with Crippen LogP contribution in [0.1, 0.15) is 11.7 Å². The number of carboxylic acids is 1. The summed E-state index contributed by atoms with van der Waals surface area (Å²) in [5, 5.41) is 20.2. The summed E-state index contributed by atoms with van der Waals surface area (Å²) >= 11 is 0. The molecule has 0 aliphatic rings. The Kier molecular flexibility index (Phi) is 4.01. The van der Waals surface area contributed by atoms with Gasteiger partial charge in [-0.1, -0.05) is 42.5 Å². The van der Waals surface area contributed by atoms with Gasteiger partial charge in [0.05, 0.1) is 5.39 Å². The number of para-hydroxylation sites is 1. The smallest absolute Gasteiger partial charge is 0.349 e. The number of phenolic OH excluding ortho intramolecular Hbond substituents is 1. The van der Waals surface area contributed by atoms with Crippen LogP contribution in [0.4, 0.5) is 0 Å². The molecule has 6 heteroatoms. The fourth-order valence-corrected chi connectivity index (χ4v) is 2.97. The monoisotopic (exact) mass is 362 g/mol. The van der Waals surface area contributed by atoms with Crippen molar-refractivity contribution in [2.24, 2.45) is 0 Å². The van der Waals surface area contributed by atoms with Crippen molar-refractivity contribution in [1.29, 1.82) is 0 Å². The first-order valence-corrected chi connectivity index (χ1v) is 8.17. The van der Waals surface area contributed by atoms with E-state index in [0.29, 0.717) is 16.5 Å². The summed E-state index contributed by atoms with van der Waals surface area (Å²) in [6.07, 6.45) is -1.27. The van der Waals surface area contributed by atoms with E-state index in [0.717, 1.165) is 0 Å². The molecule has 4 aromatic rings. The van der Waals surface area contributed by atoms with Crippen molar-refractivity contribution in [2.75, 3.05) is 0 Å². The van der Waals surface area contributed by atoms with Crippen molar-refractivity contribution < 1.29 is 24.2 Å². The molecule has 3 aromatic carbocycles. The van der Waals surface area contributed by atoms with Crippen LogP contribution in [-0.4, -0.2) is 16.2 Å². The molecule has 0 amide bonds. The largest absolute Gasteiger partial charge is 0.507 e. The van der Waals surface area contributed by atoms with Crippen LogP contribution in [0.25, 0.3) is 21.9 Å². The van der Waals surface area contributed by atoms with E-state index in [1.165, 1.54) is 12.1 Å². The van der Waals surface area contributed by atoms with Crippen LogP contribution in [-0.2, 0) is 4.79 Å². The third-order valence-electron chi connectivity index (χ3n) is 4.21. The number of ether oxygens (including phenoxy) is 1. The summed E-state index contributed by atoms with van der Waals surface area (Å²) in [5.41, 5.74) is 0.564. The molecule has 1 heterocycles. The van der Waals surface area contributed by atoms with Crippen LogP contribution < -0.4 is 10.2 Å². The Hall–Kier alpha value is -3.80. The van der Waals surface area contributed by atoms with E-state index in [-0.39, 0.29) is 27.9 Å². The van der Waals surface area contributed by atoms with Crippen LogP contribution in [0.5, 0.6) is 11.5 Å². The molecular weight excluding hydrogens is 348 g/mol. The van der Waals surface area contributed by atoms with Crippen LogP contribution in [0.15, 0.2) is 75.9 Å². The Bertz CT molecular complexity index is 1210. The third kappa shape index (κ3) is 2.97. The van der Waals surface area contributed by atoms with Crippen molar-refractivity contribution in [3.05, 3.63) is 82.5 Å². The second-order valence-corrected chi connectivity index (χ2v) is 5.99. The molecule has 134 valence electrons. The zero-order valence-corrected chi connectivity index (χ0v) is 14.0. The Balaban J connectivity index is 1.84. The van der Waals surface area contributed by atoms with Crippen molar-refractivity contribution in [2.45, 2.75) is 6.10 Å². The summed E-state index contributed by atoms with van der Waals surface area (Å²) in [5.74, 6) is -1.44. The van der Waals surface area contributed by atoms with E-state index in [9.17, 15) is 19.8 Å². The quantitative estimate of drug-likeness (QED) is 0.535. The topological polar surface area (TPSA) is 97.0 Å². The molecule has 0 fully saturated rings. The van der Waals surface area contributed by atoms with Gasteiger partial charge < -0.3 is 19.4 Å². The maximum Gasteiger partial charge on any atom is 0.349 e. The minimum absolute atomic E-state index is 0.0210. The molecule has 0 bridgehead atoms. The Morgan fingerprint density at radius 2 is 1.67 bits per heavy atom. The predicted molar refractivity (Wildman–Crippen MR) is 99.1 cm³/mol. The molecule has 0 saturated heterocycles. The van der Waals surface area contributed by atoms with Gasteiger partial charge >= 0.3 is 5.97 Å². The minimum atomic E-state index is -1.27. The predicted octanol–water partition coefficient (Wildman–Crippen LogP) is 3.86. The van der Waals surface area contributed by atoms with E-state index in [1.807, 2.05) is 0 Å². The molecule has 0 aliphatic heterocycles. The van der Waals surface area contributed by atoms with Gasteiger partial charge in [-0.2, -0.15) is 0 Å². The summed E-state index contributed by atoms with van der Waals surface area (Å²) in [4.78, 5) is 24.2. The molecule has 6 nitrogen and oxygen atoms in total. The van der Waals surface area contributed by atoms with Gasteiger partial charge in [0, 0.05) is 17.7 Å². The van der Waals surface area contributed by atoms with Crippen molar-refractivity contribution in [1.82, 2.24) is 0 Å². The first kappa shape index (κ1) is 16.7. The van der Waals surface area contributed by atoms with Crippen LogP contribution in [0.3, 0.4) is 0 Å². The molecule has 1 aromatic heterocycles. The molecule has 1 unspecified atom stereocenters. The molecule has 27 heavy (non-hydrogen) atoms. The molecule has 0 saturated carbocycles. The molecule has 0 radical (unpaired) electrons. The number of phenols is 1. The Morgan fingerprint density at radius 3 is 2.41 bits per heavy atom. The lowest BCUT2D eigenvalue weighted by molar-refractivity contribution is -0.145. The fraction of sp³-hybridized carbons (Fsp3) is 0.0476. The molecule has 2 N–H and O–H groups in total. The lowest BCUT2D eigenvalue weighted by Gasteiger charge is -2.16. The van der Waals surface area contributed by atoms with Gasteiger partial charge in [0.2, 0.25) is 11.5 Å². The second-order valence-electron chi connectivity index (χ2n) is 5.99. The SMILES string of the molecule is O=C(O)C(Oc1cc(O)c2c(=O)c3ccccc3oc2c1)c1ccccc1. The van der Waals surface area contributed by atoms with Gasteiger partial charge in [-0.05, 0) is 12.1 Å². The molecule has 1 atom stereocenters. The molecule has 4 rings (SSSR count). The zero-order valence-electron chi connectivity index (χ0n) is 14.0. The average Bonchev–Trinajstić information content (AvgIpc) is 2.66. The average molecular weight is 362 g/mol. The fourth-order valence-electron chi connectivity index (χ4n) is 2.97. The lowest BCUT2D eigenvalue weighted by Crippen LogP contribution is -2.18. The number of carbonyl (C=O) groups is 1. The summed E-state index contributed by atoms with van der Waals surface area (Å²) < 4.78 is 11.3. The second kappa shape index (κ2) is 6.49. The van der Waals surface area contributed by atoms with Crippen LogP contribution in [0, 0.1) is 0 Å². The maximum atomic E-state index is 12.6. The number of aliphatic carboxylic acids is 1. The van der Waals surface area contributed by atoms with Gasteiger partial charge in [0.1, 0.15) is 28.1 Å². The third-order valence-corrected chi connectivity index (χ3v) is 4.21. The van der Waals surface area contributed by atoms with Crippen molar-refractivity contribution in [3.8, 4) is 11.5 Å². The first-order chi connectivity index (χ1) is 13.0. The van der Waals surface area contributed by atoms with Crippen LogP contribution in [0.2, 0.25) is 0 Å². The number of carboxylic acid groups (broad SMARTS) is 1. The number of rotatable bonds is 4. The highest BCUT2D eigenvalue weighted by Crippen LogP contribution is 2.32. The van der Waals surface area contributed by atoms with Gasteiger partial charge in [0.25, 0.3) is 0 Å². The van der Waals surface area contributed by atoms with Gasteiger partial charge in [0.15, 0.2) is 0 Å². The molecular formula is C21H14O6. The van der Waals surface area contributed by atoms with E-state index in [2.05, 4.69) is 0 Å². The van der Waals surface area contributed by atoms with Gasteiger partial charge in [-0.15, -0.1) is 0 Å².